The molecule has 0 saturated heterocycles. The average molecular weight is 651 g/mol. The zero-order chi connectivity index (χ0) is 30.2. The van der Waals surface area contributed by atoms with Crippen LogP contribution in [0.1, 0.15) is 17.5 Å². The largest absolute Gasteiger partial charge is 0.453 e. The number of aromatic amines is 1. The Morgan fingerprint density at radius 2 is 1.68 bits per heavy atom. The molecule has 44 heavy (non-hydrogen) atoms. The van der Waals surface area contributed by atoms with Crippen LogP contribution in [0.3, 0.4) is 0 Å². The molecule has 0 radical (unpaired) electrons. The number of nitrogens with one attached hydrogen (secondary N) is 2. The first-order valence-electron chi connectivity index (χ1n) is 14.3. The van der Waals surface area contributed by atoms with Crippen molar-refractivity contribution in [3.05, 3.63) is 107 Å². The van der Waals surface area contributed by atoms with Gasteiger partial charge in [-0.15, -0.1) is 12.4 Å². The number of carbonyl (C=O) groups excluding carboxylic acids is 1. The summed E-state index contributed by atoms with van der Waals surface area (Å²) in [5.74, 6) is 0.374. The summed E-state index contributed by atoms with van der Waals surface area (Å²) in [4.78, 5) is 25.5. The third kappa shape index (κ3) is 8.70. The van der Waals surface area contributed by atoms with E-state index in [1.807, 2.05) is 42.5 Å². The molecule has 1 aliphatic heterocycles. The van der Waals surface area contributed by atoms with Crippen molar-refractivity contribution in [1.82, 2.24) is 14.9 Å². The summed E-state index contributed by atoms with van der Waals surface area (Å²) in [7, 11) is 5.56. The number of H-pyrrole nitrogens is 1. The lowest BCUT2D eigenvalue weighted by Crippen LogP contribution is -2.24. The van der Waals surface area contributed by atoms with Gasteiger partial charge in [0, 0.05) is 32.7 Å². The Balaban J connectivity index is 0.000000197. The van der Waals surface area contributed by atoms with E-state index >= 15 is 0 Å². The van der Waals surface area contributed by atoms with Crippen molar-refractivity contribution in [2.24, 2.45) is 0 Å². The van der Waals surface area contributed by atoms with Crippen molar-refractivity contribution in [3.63, 3.8) is 0 Å². The highest BCUT2D eigenvalue weighted by atomic mass is 35.5. The maximum Gasteiger partial charge on any atom is 0.413 e. The van der Waals surface area contributed by atoms with Crippen molar-refractivity contribution >= 4 is 70.2 Å². The number of halogens is 2. The summed E-state index contributed by atoms with van der Waals surface area (Å²) in [5, 5.41) is 3.33. The van der Waals surface area contributed by atoms with E-state index in [2.05, 4.69) is 92.4 Å². The first-order valence-corrected chi connectivity index (χ1v) is 15.5. The van der Waals surface area contributed by atoms with Gasteiger partial charge in [0.05, 0.1) is 18.1 Å². The minimum Gasteiger partial charge on any atom is -0.453 e. The molecule has 10 heteroatoms. The fourth-order valence-corrected chi connectivity index (χ4v) is 6.10. The molecule has 0 bridgehead atoms. The zero-order valence-corrected chi connectivity index (χ0v) is 27.4. The first kappa shape index (κ1) is 33.2. The van der Waals surface area contributed by atoms with Crippen LogP contribution in [-0.2, 0) is 17.6 Å². The maximum absolute atomic E-state index is 11.2. The average Bonchev–Trinajstić information content (AvgIpc) is 3.34. The minimum absolute atomic E-state index is 0. The Hall–Kier alpha value is -3.69. The molecule has 0 spiro atoms. The Morgan fingerprint density at radius 1 is 0.955 bits per heavy atom. The summed E-state index contributed by atoms with van der Waals surface area (Å²) in [6.45, 7) is 2.11. The van der Waals surface area contributed by atoms with Gasteiger partial charge in [-0.2, -0.15) is 0 Å². The van der Waals surface area contributed by atoms with Crippen LogP contribution >= 0.6 is 35.8 Å². The quantitative estimate of drug-likeness (QED) is 0.183. The predicted molar refractivity (Wildman–Crippen MR) is 185 cm³/mol. The van der Waals surface area contributed by atoms with Crippen molar-refractivity contribution in [3.8, 4) is 0 Å². The standard InChI is InChI=1S/C19H23ClN2.C15H13N3O2S.ClH/c1-21(2)12-5-13-22-18-7-4-3-6-15(18)8-9-16-10-11-17(20)14-19(16)22;1-20-15(19)18-14-16-12-8-7-11(9-13(12)17-14)21-10-5-3-2-4-6-10;/h3-4,6-7,10-11,14H,5,8-9,12-13H2,1-2H3;2-9H,1H3,(H2,16,17,18,19);1H. The molecule has 1 aliphatic rings. The molecule has 4 aromatic carbocycles. The molecule has 230 valence electrons. The van der Waals surface area contributed by atoms with Crippen LogP contribution in [-0.4, -0.2) is 55.3 Å². The third-order valence-corrected chi connectivity index (χ3v) is 8.34. The van der Waals surface area contributed by atoms with Crippen LogP contribution in [0, 0.1) is 0 Å². The van der Waals surface area contributed by atoms with Crippen LogP contribution in [0.4, 0.5) is 22.1 Å². The molecular weight excluding hydrogens is 613 g/mol. The lowest BCUT2D eigenvalue weighted by molar-refractivity contribution is 0.186. The maximum atomic E-state index is 11.2. The molecule has 2 heterocycles. The van der Waals surface area contributed by atoms with Crippen LogP contribution in [0.25, 0.3) is 11.0 Å². The second-order valence-electron chi connectivity index (χ2n) is 10.5. The molecule has 6 rings (SSSR count). The number of amides is 1. The Morgan fingerprint density at radius 3 is 2.43 bits per heavy atom. The number of methoxy groups -OCH3 is 1. The molecule has 0 unspecified atom stereocenters. The van der Waals surface area contributed by atoms with E-state index < -0.39 is 6.09 Å². The Kier molecular flexibility index (Phi) is 12.0. The fourth-order valence-electron chi connectivity index (χ4n) is 5.05. The summed E-state index contributed by atoms with van der Waals surface area (Å²) in [5.41, 5.74) is 7.09. The lowest BCUT2D eigenvalue weighted by atomic mass is 10.0. The van der Waals surface area contributed by atoms with Crippen LogP contribution in [0.15, 0.2) is 101 Å². The summed E-state index contributed by atoms with van der Waals surface area (Å²) in [6.07, 6.45) is 2.75. The topological polar surface area (TPSA) is 73.5 Å². The van der Waals surface area contributed by atoms with E-state index in [4.69, 9.17) is 11.6 Å². The number of nitrogens with zero attached hydrogens (tertiary/aromatic N) is 3. The Labute approximate surface area is 274 Å². The molecule has 5 aromatic rings. The van der Waals surface area contributed by atoms with Gasteiger partial charge >= 0.3 is 6.09 Å². The zero-order valence-electron chi connectivity index (χ0n) is 25.0. The lowest BCUT2D eigenvalue weighted by Gasteiger charge is -2.27. The van der Waals surface area contributed by atoms with Crippen LogP contribution in [0.5, 0.6) is 0 Å². The van der Waals surface area contributed by atoms with Gasteiger partial charge in [0.2, 0.25) is 5.95 Å². The molecule has 1 aromatic heterocycles. The normalized spacial score (nSPS) is 11.9. The van der Waals surface area contributed by atoms with Crippen molar-refractivity contribution in [1.29, 1.82) is 0 Å². The number of anilines is 3. The predicted octanol–water partition coefficient (Wildman–Crippen LogP) is 8.84. The number of carbonyl (C=O) groups is 1. The van der Waals surface area contributed by atoms with Gasteiger partial charge in [0.25, 0.3) is 0 Å². The van der Waals surface area contributed by atoms with E-state index in [0.29, 0.717) is 5.95 Å². The number of para-hydroxylation sites is 1. The number of aryl methyl sites for hydroxylation is 2. The Bertz CT molecular complexity index is 1680. The minimum atomic E-state index is -0.548. The molecule has 0 saturated carbocycles. The second kappa shape index (κ2) is 15.9. The second-order valence-corrected chi connectivity index (χ2v) is 12.1. The third-order valence-electron chi connectivity index (χ3n) is 7.11. The summed E-state index contributed by atoms with van der Waals surface area (Å²) >= 11 is 7.94. The van der Waals surface area contributed by atoms with E-state index in [0.717, 1.165) is 53.3 Å². The number of rotatable bonds is 7. The van der Waals surface area contributed by atoms with Crippen molar-refractivity contribution in [2.45, 2.75) is 29.1 Å². The van der Waals surface area contributed by atoms with Gasteiger partial charge in [-0.05, 0) is 99.6 Å². The molecule has 1 amide bonds. The van der Waals surface area contributed by atoms with Gasteiger partial charge in [-0.25, -0.2) is 9.78 Å². The number of ether oxygens (including phenoxy) is 1. The number of hydrogen-bond donors (Lipinski definition) is 2. The van der Waals surface area contributed by atoms with Gasteiger partial charge in [-0.1, -0.05) is 65.8 Å². The van der Waals surface area contributed by atoms with E-state index in [1.165, 1.54) is 34.5 Å². The molecule has 0 aliphatic carbocycles. The highest BCUT2D eigenvalue weighted by Crippen LogP contribution is 2.37. The number of imidazole rings is 1. The van der Waals surface area contributed by atoms with Gasteiger partial charge in [0.1, 0.15) is 0 Å². The fraction of sp³-hybridized carbons (Fsp3) is 0.235. The smallest absolute Gasteiger partial charge is 0.413 e. The van der Waals surface area contributed by atoms with Gasteiger partial charge < -0.3 is 19.5 Å². The summed E-state index contributed by atoms with van der Waals surface area (Å²) < 4.78 is 4.54. The molecule has 0 atom stereocenters. The number of benzene rings is 4. The molecule has 2 N–H and O–H groups in total. The van der Waals surface area contributed by atoms with E-state index in [1.54, 1.807) is 11.8 Å². The van der Waals surface area contributed by atoms with Crippen LogP contribution in [0.2, 0.25) is 5.02 Å². The molecule has 0 fully saturated rings. The highest BCUT2D eigenvalue weighted by Gasteiger charge is 2.20. The monoisotopic (exact) mass is 649 g/mol. The number of hydrogen-bond acceptors (Lipinski definition) is 6. The first-order chi connectivity index (χ1) is 20.9. The molecular formula is C34H37Cl2N5O2S. The number of fused-ring (bicyclic) bond motifs is 3. The van der Waals surface area contributed by atoms with Crippen LogP contribution < -0.4 is 10.2 Å². The molecule has 7 nitrogen and oxygen atoms in total. The van der Waals surface area contributed by atoms with E-state index in [-0.39, 0.29) is 12.4 Å². The van der Waals surface area contributed by atoms with Crippen molar-refractivity contribution in [2.75, 3.05) is 44.5 Å². The highest BCUT2D eigenvalue weighted by molar-refractivity contribution is 7.99. The van der Waals surface area contributed by atoms with Crippen molar-refractivity contribution < 1.29 is 9.53 Å². The number of aromatic nitrogens is 2. The SMILES string of the molecule is CN(C)CCCN1c2ccccc2CCc2ccc(Cl)cc21.COC(=O)Nc1nc2ccc(Sc3ccccc3)cc2[nH]1.Cl. The van der Waals surface area contributed by atoms with Gasteiger partial charge in [-0.3, -0.25) is 5.32 Å². The van der Waals surface area contributed by atoms with Gasteiger partial charge in [0.15, 0.2) is 0 Å². The van der Waals surface area contributed by atoms with E-state index in [9.17, 15) is 4.79 Å². The summed E-state index contributed by atoms with van der Waals surface area (Å²) in [6, 6.07) is 31.1.